The van der Waals surface area contributed by atoms with E-state index < -0.39 is 6.04 Å². The normalized spacial score (nSPS) is 14.3. The fourth-order valence-corrected chi connectivity index (χ4v) is 10.6. The van der Waals surface area contributed by atoms with Crippen molar-refractivity contribution in [3.05, 3.63) is 136 Å². The summed E-state index contributed by atoms with van der Waals surface area (Å²) in [5, 5.41) is 22.6. The first-order valence-corrected chi connectivity index (χ1v) is 28.2. The molecule has 0 saturated carbocycles. The average Bonchev–Trinajstić information content (AvgIpc) is 3.95. The minimum atomic E-state index is -0.556. The summed E-state index contributed by atoms with van der Waals surface area (Å²) >= 11 is 7.90. The van der Waals surface area contributed by atoms with Crippen molar-refractivity contribution in [1.82, 2.24) is 45.6 Å². The summed E-state index contributed by atoms with van der Waals surface area (Å²) in [6, 6.07) is 24.4. The molecule has 0 aliphatic carbocycles. The van der Waals surface area contributed by atoms with Crippen molar-refractivity contribution in [2.75, 3.05) is 110 Å². The van der Waals surface area contributed by atoms with E-state index >= 15 is 0 Å². The van der Waals surface area contributed by atoms with Crippen LogP contribution in [0.5, 0.6) is 11.5 Å². The average molecular weight is 1130 g/mol. The van der Waals surface area contributed by atoms with Gasteiger partial charge in [-0.25, -0.2) is 9.97 Å². The molecule has 2 aliphatic heterocycles. The number of nitrogens with zero attached hydrogens (tertiary/aromatic N) is 7. The summed E-state index contributed by atoms with van der Waals surface area (Å²) in [5.74, 6) is 3.74. The van der Waals surface area contributed by atoms with Gasteiger partial charge in [0.15, 0.2) is 5.82 Å². The molecule has 20 nitrogen and oxygen atoms in total. The number of likely N-dealkylation sites (tertiary alicyclic amines) is 1. The van der Waals surface area contributed by atoms with Crippen molar-refractivity contribution >= 4 is 58.0 Å². The lowest BCUT2D eigenvalue weighted by Gasteiger charge is -2.32. The van der Waals surface area contributed by atoms with Crippen LogP contribution in [-0.2, 0) is 33.3 Å². The summed E-state index contributed by atoms with van der Waals surface area (Å²) in [5.41, 5.74) is 12.3. The monoisotopic (exact) mass is 1130 g/mol. The molecule has 424 valence electrons. The smallest absolute Gasteiger partial charge is 0.247 e. The zero-order chi connectivity index (χ0) is 56.2. The number of aliphatic imine (C=N–C) groups is 1. The van der Waals surface area contributed by atoms with E-state index in [1.165, 1.54) is 11.2 Å². The van der Waals surface area contributed by atoms with Gasteiger partial charge in [0.2, 0.25) is 17.7 Å². The Balaban J connectivity index is 0.603. The molecule has 0 bridgehead atoms. The van der Waals surface area contributed by atoms with Gasteiger partial charge in [0.1, 0.15) is 46.3 Å². The lowest BCUT2D eigenvalue weighted by atomic mass is 9.96. The number of fused-ring (bicyclic) bond motifs is 3. The van der Waals surface area contributed by atoms with Gasteiger partial charge in [-0.1, -0.05) is 60.6 Å². The highest BCUT2D eigenvalue weighted by Gasteiger charge is 2.32. The number of carbonyl (C=O) groups excluding carboxylic acids is 3. The number of piperidine rings is 1. The lowest BCUT2D eigenvalue weighted by Crippen LogP contribution is -2.40. The second-order valence-electron chi connectivity index (χ2n) is 19.4. The largest absolute Gasteiger partial charge is 0.457 e. The lowest BCUT2D eigenvalue weighted by molar-refractivity contribution is -0.123. The Morgan fingerprint density at radius 1 is 0.738 bits per heavy atom. The SMILES string of the molecule is C=C(CN1CCC(CNc2ncnc(N)c2-c2ccc(Oc3ccccc3)cc2)CC1)C(=O)NCCNC(=O)CCOCCOCCOCCOCCNC(=O)C[C@H]1N=C(c2ccc(Cl)cc2)c2c(sc(C)c2C)-n2c(C)nnc21. The molecule has 80 heavy (non-hydrogen) atoms. The third-order valence-corrected chi connectivity index (χ3v) is 15.1. The molecule has 3 amide bonds. The van der Waals surface area contributed by atoms with Crippen LogP contribution in [0.4, 0.5) is 11.6 Å². The number of nitrogens with two attached hydrogens (primary N) is 1. The molecule has 2 aliphatic rings. The van der Waals surface area contributed by atoms with Crippen LogP contribution in [-0.4, -0.2) is 152 Å². The molecule has 6 N–H and O–H groups in total. The molecule has 22 heteroatoms. The van der Waals surface area contributed by atoms with Gasteiger partial charge in [0.05, 0.1) is 70.6 Å². The Kier molecular flexibility index (Phi) is 22.1. The number of hydrogen-bond donors (Lipinski definition) is 5. The van der Waals surface area contributed by atoms with Crippen LogP contribution in [0.3, 0.4) is 0 Å². The Morgan fingerprint density at radius 2 is 1.38 bits per heavy atom. The number of aryl methyl sites for hydroxylation is 2. The highest BCUT2D eigenvalue weighted by molar-refractivity contribution is 7.15. The zero-order valence-corrected chi connectivity index (χ0v) is 47.2. The van der Waals surface area contributed by atoms with E-state index in [0.717, 1.165) is 82.6 Å². The van der Waals surface area contributed by atoms with Gasteiger partial charge >= 0.3 is 0 Å². The molecule has 1 atom stereocenters. The first kappa shape index (κ1) is 59.0. The van der Waals surface area contributed by atoms with Crippen molar-refractivity contribution in [3.8, 4) is 27.6 Å². The maximum atomic E-state index is 13.2. The summed E-state index contributed by atoms with van der Waals surface area (Å²) in [4.78, 5) is 55.7. The first-order valence-electron chi connectivity index (χ1n) is 27.0. The zero-order valence-electron chi connectivity index (χ0n) is 45.6. The van der Waals surface area contributed by atoms with Gasteiger partial charge in [0, 0.05) is 65.7 Å². The van der Waals surface area contributed by atoms with Crippen LogP contribution in [0.15, 0.2) is 102 Å². The Morgan fingerprint density at radius 3 is 2.09 bits per heavy atom. The predicted molar refractivity (Wildman–Crippen MR) is 310 cm³/mol. The van der Waals surface area contributed by atoms with Crippen molar-refractivity contribution < 1.29 is 38.1 Å². The van der Waals surface area contributed by atoms with Crippen molar-refractivity contribution in [3.63, 3.8) is 0 Å². The van der Waals surface area contributed by atoms with Crippen LogP contribution in [0.2, 0.25) is 5.02 Å². The number of ether oxygens (including phenoxy) is 5. The second-order valence-corrected chi connectivity index (χ2v) is 21.0. The van der Waals surface area contributed by atoms with Gasteiger partial charge in [-0.3, -0.25) is 28.8 Å². The quantitative estimate of drug-likeness (QED) is 0.0221. The van der Waals surface area contributed by atoms with Gasteiger partial charge in [0.25, 0.3) is 0 Å². The van der Waals surface area contributed by atoms with E-state index in [0.29, 0.717) is 106 Å². The molecule has 3 aromatic heterocycles. The second kappa shape index (κ2) is 29.9. The number of thiophene rings is 1. The number of nitrogen functional groups attached to an aromatic ring is 1. The number of para-hydroxylation sites is 1. The molecule has 0 radical (unpaired) electrons. The molecule has 0 unspecified atom stereocenters. The minimum Gasteiger partial charge on any atom is -0.457 e. The standard InChI is InChI=1S/C58H71ClN12O8S/c1-38(36-70-24-18-42(19-25-70)35-64-55-52(54(60)65-37-66-55)43-12-16-47(17-13-43)79-46-8-6-5-7-9-46)57(74)63-22-21-61-49(72)20-26-75-28-30-77-32-33-78-31-29-76-27-23-62-50(73)34-48-56-69-68-41(4)71(56)58-51(39(2)40(3)80-58)53(67-48)44-10-14-45(59)15-11-44/h5-17,37,42,48H,1,18-36H2,2-4H3,(H,61,72)(H,62,73)(H,63,74)(H3,60,64,65,66)/t48-/m1/s1. The van der Waals surface area contributed by atoms with E-state index in [2.05, 4.69) is 66.8 Å². The number of halogens is 1. The molecule has 3 aromatic carbocycles. The molecular formula is C58H71ClN12O8S. The number of benzene rings is 3. The van der Waals surface area contributed by atoms with E-state index in [-0.39, 0.29) is 43.7 Å². The molecular weight excluding hydrogens is 1060 g/mol. The van der Waals surface area contributed by atoms with E-state index in [4.69, 9.17) is 46.0 Å². The Bertz CT molecular complexity index is 3040. The number of rotatable bonds is 30. The van der Waals surface area contributed by atoms with Crippen molar-refractivity contribution in [2.45, 2.75) is 52.5 Å². The Labute approximate surface area is 475 Å². The van der Waals surface area contributed by atoms with E-state index in [1.54, 1.807) is 11.3 Å². The number of carbonyl (C=O) groups is 3. The summed E-state index contributed by atoms with van der Waals surface area (Å²) in [6.45, 7) is 16.7. The maximum Gasteiger partial charge on any atom is 0.247 e. The first-order chi connectivity index (χ1) is 38.9. The number of amides is 3. The van der Waals surface area contributed by atoms with Gasteiger partial charge < -0.3 is 50.7 Å². The van der Waals surface area contributed by atoms with E-state index in [9.17, 15) is 14.4 Å². The summed E-state index contributed by atoms with van der Waals surface area (Å²) < 4.78 is 30.4. The molecule has 5 heterocycles. The third kappa shape index (κ3) is 16.7. The molecule has 8 rings (SSSR count). The minimum absolute atomic E-state index is 0.0902. The maximum absolute atomic E-state index is 13.2. The Hall–Kier alpha value is -7.11. The number of nitrogens with one attached hydrogen (secondary N) is 4. The third-order valence-electron chi connectivity index (χ3n) is 13.6. The highest BCUT2D eigenvalue weighted by atomic mass is 35.5. The predicted octanol–water partition coefficient (Wildman–Crippen LogP) is 7.21. The number of aromatic nitrogens is 5. The van der Waals surface area contributed by atoms with Crippen LogP contribution in [0.1, 0.15) is 64.9 Å². The van der Waals surface area contributed by atoms with Gasteiger partial charge in [-0.05, 0) is 100 Å². The van der Waals surface area contributed by atoms with Crippen molar-refractivity contribution in [2.24, 2.45) is 10.9 Å². The molecule has 1 saturated heterocycles. The van der Waals surface area contributed by atoms with Crippen LogP contribution in [0, 0.1) is 26.7 Å². The molecule has 0 spiro atoms. The molecule has 1 fully saturated rings. The number of anilines is 2. The van der Waals surface area contributed by atoms with Crippen molar-refractivity contribution in [1.29, 1.82) is 0 Å². The van der Waals surface area contributed by atoms with Crippen LogP contribution < -0.4 is 31.7 Å². The number of hydrogen-bond acceptors (Lipinski definition) is 17. The molecule has 6 aromatic rings. The van der Waals surface area contributed by atoms with Crippen LogP contribution in [0.25, 0.3) is 16.1 Å². The van der Waals surface area contributed by atoms with Crippen LogP contribution >= 0.6 is 22.9 Å². The fourth-order valence-electron chi connectivity index (χ4n) is 9.22. The summed E-state index contributed by atoms with van der Waals surface area (Å²) in [7, 11) is 0. The topological polar surface area (TPSA) is 244 Å². The van der Waals surface area contributed by atoms with Gasteiger partial charge in [-0.15, -0.1) is 21.5 Å². The fraction of sp³-hybridized carbons (Fsp3) is 0.414. The van der Waals surface area contributed by atoms with Gasteiger partial charge in [-0.2, -0.15) is 0 Å². The highest BCUT2D eigenvalue weighted by Crippen LogP contribution is 2.40. The van der Waals surface area contributed by atoms with E-state index in [1.807, 2.05) is 90.4 Å². The summed E-state index contributed by atoms with van der Waals surface area (Å²) in [6.07, 6.45) is 3.65.